The first-order valence-corrected chi connectivity index (χ1v) is 26.8. The number of para-hydroxylation sites is 4. The van der Waals surface area contributed by atoms with E-state index in [-0.39, 0.29) is 10.8 Å². The Morgan fingerprint density at radius 1 is 0.411 bits per heavy atom. The Labute approximate surface area is 429 Å². The number of hydrogen-bond donors (Lipinski definition) is 0. The van der Waals surface area contributed by atoms with Crippen molar-refractivity contribution >= 4 is 110 Å². The summed E-state index contributed by atoms with van der Waals surface area (Å²) in [4.78, 5) is 4.91. The minimum absolute atomic E-state index is 0.0877. The summed E-state index contributed by atoms with van der Waals surface area (Å²) in [5.41, 5.74) is 15.2. The predicted octanol–water partition coefficient (Wildman–Crippen LogP) is 20.9. The molecule has 0 spiro atoms. The second kappa shape index (κ2) is 17.3. The van der Waals surface area contributed by atoms with Gasteiger partial charge < -0.3 is 18.6 Å². The van der Waals surface area contributed by atoms with Gasteiger partial charge >= 0.3 is 0 Å². The second-order valence-electron chi connectivity index (χ2n) is 23.0. The molecule has 4 nitrogen and oxygen atoms in total. The fraction of sp³-hybridized carbons (Fsp3) is 0.246. The van der Waals surface area contributed by atoms with Crippen LogP contribution in [0.2, 0.25) is 0 Å². The van der Waals surface area contributed by atoms with Crippen LogP contribution < -0.4 is 9.80 Å². The van der Waals surface area contributed by atoms with Gasteiger partial charge in [0.15, 0.2) is 11.2 Å². The normalized spacial score (nSPS) is 14.0. The van der Waals surface area contributed by atoms with Gasteiger partial charge in [-0.1, -0.05) is 195 Å². The predicted molar refractivity (Wildman–Crippen MR) is 311 cm³/mol. The average Bonchev–Trinajstić information content (AvgIpc) is 3.99. The van der Waals surface area contributed by atoms with E-state index >= 15 is 0 Å². The van der Waals surface area contributed by atoms with E-state index in [9.17, 15) is 0 Å². The zero-order valence-corrected chi connectivity index (χ0v) is 43.4. The molecule has 0 bridgehead atoms. The Balaban J connectivity index is 1.05. The molecule has 2 heterocycles. The zero-order valence-electron chi connectivity index (χ0n) is 43.4. The SMILES string of the molecule is CCCc1ccc(N(c2ccc3ccc4c(N(c5ccc(C6CCCCC6)cc5)c5cccc6c5oc5c(C(C)(C)C)cccc56)ccc5ccc2c3c54)c2cccc3c2oc2c(C(C)(C)C)cccc23)cc1. The van der Waals surface area contributed by atoms with Crippen LogP contribution in [0.3, 0.4) is 0 Å². The van der Waals surface area contributed by atoms with Gasteiger partial charge in [0, 0.05) is 54.8 Å². The molecule has 10 aromatic carbocycles. The maximum absolute atomic E-state index is 7.17. The molecule has 12 aromatic rings. The number of rotatable bonds is 9. The molecule has 0 radical (unpaired) electrons. The Kier molecular flexibility index (Phi) is 10.7. The lowest BCUT2D eigenvalue weighted by molar-refractivity contribution is 0.443. The van der Waals surface area contributed by atoms with Crippen molar-refractivity contribution in [3.05, 3.63) is 192 Å². The van der Waals surface area contributed by atoms with E-state index in [1.54, 1.807) is 0 Å². The summed E-state index contributed by atoms with van der Waals surface area (Å²) in [6.07, 6.45) is 8.64. The molecule has 1 aliphatic rings. The van der Waals surface area contributed by atoms with Gasteiger partial charge in [0.25, 0.3) is 0 Å². The Hall–Kier alpha value is -7.56. The molecule has 1 fully saturated rings. The lowest BCUT2D eigenvalue weighted by Crippen LogP contribution is -2.12. The first kappa shape index (κ1) is 45.3. The molecular formula is C69H64N2O2. The zero-order chi connectivity index (χ0) is 49.8. The Morgan fingerprint density at radius 3 is 1.29 bits per heavy atom. The second-order valence-corrected chi connectivity index (χ2v) is 23.0. The van der Waals surface area contributed by atoms with Crippen LogP contribution in [0, 0.1) is 0 Å². The van der Waals surface area contributed by atoms with Gasteiger partial charge in [-0.2, -0.15) is 0 Å². The number of nitrogens with zero attached hydrogens (tertiary/aromatic N) is 2. The summed E-state index contributed by atoms with van der Waals surface area (Å²) >= 11 is 0. The molecule has 13 rings (SSSR count). The third-order valence-electron chi connectivity index (χ3n) is 16.2. The van der Waals surface area contributed by atoms with Gasteiger partial charge in [0.2, 0.25) is 0 Å². The van der Waals surface area contributed by atoms with Gasteiger partial charge in [-0.3, -0.25) is 0 Å². The molecule has 1 aliphatic carbocycles. The number of anilines is 6. The van der Waals surface area contributed by atoms with Gasteiger partial charge in [-0.15, -0.1) is 0 Å². The number of benzene rings is 10. The van der Waals surface area contributed by atoms with Gasteiger partial charge in [-0.05, 0) is 117 Å². The quantitative estimate of drug-likeness (QED) is 0.135. The average molecular weight is 953 g/mol. The highest BCUT2D eigenvalue weighted by Gasteiger charge is 2.29. The smallest absolute Gasteiger partial charge is 0.159 e. The van der Waals surface area contributed by atoms with Crippen molar-refractivity contribution in [1.29, 1.82) is 0 Å². The lowest BCUT2D eigenvalue weighted by atomic mass is 9.84. The molecule has 0 aliphatic heterocycles. The summed E-state index contributed by atoms with van der Waals surface area (Å²) in [7, 11) is 0. The van der Waals surface area contributed by atoms with E-state index in [0.717, 1.165) is 90.8 Å². The van der Waals surface area contributed by atoms with E-state index in [2.05, 4.69) is 228 Å². The Bertz CT molecular complexity index is 4040. The highest BCUT2D eigenvalue weighted by molar-refractivity contribution is 6.29. The van der Waals surface area contributed by atoms with Crippen LogP contribution in [-0.4, -0.2) is 0 Å². The summed E-state index contributed by atoms with van der Waals surface area (Å²) < 4.78 is 14.3. The third kappa shape index (κ3) is 7.47. The highest BCUT2D eigenvalue weighted by atomic mass is 16.3. The van der Waals surface area contributed by atoms with Crippen LogP contribution in [0.4, 0.5) is 34.1 Å². The molecule has 0 unspecified atom stereocenters. The first-order valence-electron chi connectivity index (χ1n) is 26.8. The summed E-state index contributed by atoms with van der Waals surface area (Å²) in [5, 5.41) is 11.8. The molecule has 2 aromatic heterocycles. The van der Waals surface area contributed by atoms with E-state index in [1.165, 1.54) is 86.7 Å². The van der Waals surface area contributed by atoms with Crippen molar-refractivity contribution in [2.75, 3.05) is 9.80 Å². The van der Waals surface area contributed by atoms with E-state index < -0.39 is 0 Å². The maximum atomic E-state index is 7.17. The van der Waals surface area contributed by atoms with Crippen molar-refractivity contribution in [3.8, 4) is 0 Å². The van der Waals surface area contributed by atoms with Gasteiger partial charge in [0.1, 0.15) is 11.2 Å². The van der Waals surface area contributed by atoms with E-state index in [1.807, 2.05) is 0 Å². The van der Waals surface area contributed by atoms with E-state index in [0.29, 0.717) is 5.92 Å². The topological polar surface area (TPSA) is 32.8 Å². The largest absolute Gasteiger partial charge is 0.454 e. The van der Waals surface area contributed by atoms with Crippen molar-refractivity contribution in [3.63, 3.8) is 0 Å². The van der Waals surface area contributed by atoms with E-state index in [4.69, 9.17) is 8.83 Å². The van der Waals surface area contributed by atoms with Crippen molar-refractivity contribution in [1.82, 2.24) is 0 Å². The molecule has 0 saturated heterocycles. The molecule has 362 valence electrons. The molecule has 0 amide bonds. The summed E-state index contributed by atoms with van der Waals surface area (Å²) in [6, 6.07) is 63.9. The maximum Gasteiger partial charge on any atom is 0.159 e. The lowest BCUT2D eigenvalue weighted by Gasteiger charge is -2.30. The van der Waals surface area contributed by atoms with Crippen LogP contribution >= 0.6 is 0 Å². The molecule has 0 atom stereocenters. The van der Waals surface area contributed by atoms with Crippen LogP contribution in [0.25, 0.3) is 76.2 Å². The van der Waals surface area contributed by atoms with Crippen LogP contribution in [0.15, 0.2) is 179 Å². The number of furan rings is 2. The van der Waals surface area contributed by atoms with Gasteiger partial charge in [0.05, 0.1) is 22.7 Å². The summed E-state index contributed by atoms with van der Waals surface area (Å²) in [6.45, 7) is 15.9. The highest BCUT2D eigenvalue weighted by Crippen LogP contribution is 2.51. The number of hydrogen-bond acceptors (Lipinski definition) is 4. The monoisotopic (exact) mass is 952 g/mol. The number of aryl methyl sites for hydroxylation is 1. The minimum atomic E-state index is -0.0877. The fourth-order valence-corrected chi connectivity index (χ4v) is 12.6. The van der Waals surface area contributed by atoms with Crippen LogP contribution in [0.1, 0.15) is 115 Å². The first-order chi connectivity index (χ1) is 35.4. The number of fused-ring (bicyclic) bond motifs is 6. The molecule has 0 N–H and O–H groups in total. The van der Waals surface area contributed by atoms with Crippen molar-refractivity contribution in [2.45, 2.75) is 110 Å². The van der Waals surface area contributed by atoms with Crippen LogP contribution in [0.5, 0.6) is 0 Å². The third-order valence-corrected chi connectivity index (χ3v) is 16.2. The molecule has 4 heteroatoms. The molecule has 1 saturated carbocycles. The standard InChI is InChI=1S/C69H64N2O2/c1-8-16-43-27-35-48(36-28-43)70(60-25-14-21-52-50-19-12-23-56(68(2,3)4)64(50)72-66(52)60)58-41-33-46-32-40-55-59(42-34-47-31-39-54(58)62(46)63(47)55)71(49-37-29-45(30-38-49)44-17-10-9-11-18-44)61-26-15-22-53-51-20-13-24-57(69(5,6)7)65(51)73-67(53)61/h12-15,19-42,44H,8-11,16-18H2,1-7H3. The molecule has 73 heavy (non-hydrogen) atoms. The van der Waals surface area contributed by atoms with Gasteiger partial charge in [-0.25, -0.2) is 0 Å². The minimum Gasteiger partial charge on any atom is -0.454 e. The fourth-order valence-electron chi connectivity index (χ4n) is 12.6. The van der Waals surface area contributed by atoms with Crippen molar-refractivity contribution < 1.29 is 8.83 Å². The summed E-state index contributed by atoms with van der Waals surface area (Å²) in [5.74, 6) is 0.614. The van der Waals surface area contributed by atoms with Crippen molar-refractivity contribution in [2.24, 2.45) is 0 Å². The Morgan fingerprint density at radius 2 is 0.836 bits per heavy atom. The molecular weight excluding hydrogens is 889 g/mol. The van der Waals surface area contributed by atoms with Crippen LogP contribution in [-0.2, 0) is 17.3 Å².